The molecule has 2 rings (SSSR count). The van der Waals surface area contributed by atoms with Gasteiger partial charge in [-0.3, -0.25) is 4.31 Å². The third-order valence-electron chi connectivity index (χ3n) is 2.74. The quantitative estimate of drug-likeness (QED) is 0.754. The number of halogens is 2. The van der Waals surface area contributed by atoms with Gasteiger partial charge in [0.1, 0.15) is 4.21 Å². The van der Waals surface area contributed by atoms with E-state index < -0.39 is 10.0 Å². The summed E-state index contributed by atoms with van der Waals surface area (Å²) in [6.07, 6.45) is 0. The molecule has 0 amide bonds. The maximum absolute atomic E-state index is 12.7. The lowest BCUT2D eigenvalue weighted by Gasteiger charge is -2.22. The van der Waals surface area contributed by atoms with Crippen molar-refractivity contribution in [2.75, 3.05) is 10.8 Å². The Hall–Kier alpha value is -0.560. The standard InChI is InChI=1S/C13H13BrClNO2S2/c1-3-16(10-6-4-5-9(2)7-10)20(17,18)12-8-11(15)13(14)19-12/h4-8H,3H2,1-2H3. The molecule has 0 aliphatic rings. The van der Waals surface area contributed by atoms with Crippen molar-refractivity contribution in [3.05, 3.63) is 44.7 Å². The van der Waals surface area contributed by atoms with Gasteiger partial charge in [0, 0.05) is 6.54 Å². The summed E-state index contributed by atoms with van der Waals surface area (Å²) in [4.78, 5) is 0. The third kappa shape index (κ3) is 3.03. The van der Waals surface area contributed by atoms with Crippen LogP contribution in [0.4, 0.5) is 5.69 Å². The van der Waals surface area contributed by atoms with Crippen LogP contribution in [0.2, 0.25) is 5.02 Å². The fourth-order valence-electron chi connectivity index (χ4n) is 1.84. The molecule has 0 atom stereocenters. The molecule has 1 aromatic heterocycles. The minimum Gasteiger partial charge on any atom is -0.266 e. The summed E-state index contributed by atoms with van der Waals surface area (Å²) in [5.41, 5.74) is 1.68. The molecule has 0 spiro atoms. The van der Waals surface area contributed by atoms with Crippen molar-refractivity contribution in [1.82, 2.24) is 0 Å². The van der Waals surface area contributed by atoms with Crippen LogP contribution >= 0.6 is 38.9 Å². The monoisotopic (exact) mass is 393 g/mol. The first kappa shape index (κ1) is 15.8. The van der Waals surface area contributed by atoms with Gasteiger partial charge in [0.15, 0.2) is 0 Å². The van der Waals surface area contributed by atoms with Crippen LogP contribution in [-0.2, 0) is 10.0 Å². The number of hydrogen-bond donors (Lipinski definition) is 0. The number of benzene rings is 1. The average Bonchev–Trinajstić information content (AvgIpc) is 2.71. The number of thiophene rings is 1. The maximum Gasteiger partial charge on any atom is 0.273 e. The summed E-state index contributed by atoms with van der Waals surface area (Å²) >= 11 is 10.3. The van der Waals surface area contributed by atoms with Gasteiger partial charge in [0.25, 0.3) is 10.0 Å². The normalized spacial score (nSPS) is 11.6. The molecule has 7 heteroatoms. The molecule has 0 fully saturated rings. The van der Waals surface area contributed by atoms with Crippen molar-refractivity contribution in [3.8, 4) is 0 Å². The summed E-state index contributed by atoms with van der Waals surface area (Å²) in [5, 5.41) is 0.411. The number of hydrogen-bond acceptors (Lipinski definition) is 3. The van der Waals surface area contributed by atoms with E-state index in [-0.39, 0.29) is 4.21 Å². The van der Waals surface area contributed by atoms with Gasteiger partial charge in [-0.1, -0.05) is 23.7 Å². The van der Waals surface area contributed by atoms with Crippen molar-refractivity contribution >= 4 is 54.6 Å². The van der Waals surface area contributed by atoms with Crippen LogP contribution in [0.5, 0.6) is 0 Å². The third-order valence-corrected chi connectivity index (χ3v) is 7.57. The number of nitrogens with zero attached hydrogens (tertiary/aromatic N) is 1. The lowest BCUT2D eigenvalue weighted by molar-refractivity contribution is 0.594. The van der Waals surface area contributed by atoms with Crippen molar-refractivity contribution in [2.45, 2.75) is 18.1 Å². The molecule has 20 heavy (non-hydrogen) atoms. The second-order valence-electron chi connectivity index (χ2n) is 4.20. The molecule has 108 valence electrons. The molecule has 0 bridgehead atoms. The topological polar surface area (TPSA) is 37.4 Å². The lowest BCUT2D eigenvalue weighted by atomic mass is 10.2. The SMILES string of the molecule is CCN(c1cccc(C)c1)S(=O)(=O)c1cc(Cl)c(Br)s1. The van der Waals surface area contributed by atoms with E-state index in [1.165, 1.54) is 10.4 Å². The Labute approximate surface area is 136 Å². The molecule has 1 aromatic carbocycles. The zero-order valence-corrected chi connectivity index (χ0v) is 14.9. The minimum absolute atomic E-state index is 0.234. The van der Waals surface area contributed by atoms with E-state index >= 15 is 0 Å². The van der Waals surface area contributed by atoms with Crippen LogP contribution in [-0.4, -0.2) is 15.0 Å². The predicted molar refractivity (Wildman–Crippen MR) is 88.4 cm³/mol. The fraction of sp³-hybridized carbons (Fsp3) is 0.231. The Morgan fingerprint density at radius 3 is 2.55 bits per heavy atom. The molecule has 0 saturated heterocycles. The summed E-state index contributed by atoms with van der Waals surface area (Å²) in [6, 6.07) is 8.90. The molecule has 0 aliphatic carbocycles. The van der Waals surface area contributed by atoms with Crippen molar-refractivity contribution in [2.24, 2.45) is 0 Å². The Kier molecular flexibility index (Phi) is 4.79. The van der Waals surface area contributed by atoms with Gasteiger partial charge in [-0.25, -0.2) is 8.42 Å². The van der Waals surface area contributed by atoms with E-state index in [1.54, 1.807) is 6.07 Å². The molecule has 0 radical (unpaired) electrons. The van der Waals surface area contributed by atoms with E-state index in [0.717, 1.165) is 16.9 Å². The smallest absolute Gasteiger partial charge is 0.266 e. The van der Waals surface area contributed by atoms with Crippen molar-refractivity contribution in [1.29, 1.82) is 0 Å². The minimum atomic E-state index is -3.59. The van der Waals surface area contributed by atoms with Crippen LogP contribution in [0.3, 0.4) is 0 Å². The van der Waals surface area contributed by atoms with E-state index in [1.807, 2.05) is 32.0 Å². The van der Waals surface area contributed by atoms with E-state index in [2.05, 4.69) is 15.9 Å². The average molecular weight is 395 g/mol. The predicted octanol–water partition coefficient (Wildman–Crippen LogP) is 4.69. The highest BCUT2D eigenvalue weighted by atomic mass is 79.9. The number of anilines is 1. The van der Waals surface area contributed by atoms with Gasteiger partial charge in [0.2, 0.25) is 0 Å². The maximum atomic E-state index is 12.7. The van der Waals surface area contributed by atoms with Crippen LogP contribution in [0.25, 0.3) is 0 Å². The van der Waals surface area contributed by atoms with Gasteiger partial charge < -0.3 is 0 Å². The first-order valence-corrected chi connectivity index (χ1v) is 9.33. The van der Waals surface area contributed by atoms with Gasteiger partial charge >= 0.3 is 0 Å². The van der Waals surface area contributed by atoms with E-state index in [0.29, 0.717) is 21.0 Å². The van der Waals surface area contributed by atoms with Gasteiger partial charge in [0.05, 0.1) is 14.5 Å². The number of sulfonamides is 1. The Bertz CT molecular complexity index is 708. The summed E-state index contributed by atoms with van der Waals surface area (Å²) in [6.45, 7) is 4.10. The van der Waals surface area contributed by atoms with Crippen LogP contribution in [0, 0.1) is 6.92 Å². The summed E-state index contributed by atoms with van der Waals surface area (Å²) < 4.78 is 27.6. The van der Waals surface area contributed by atoms with Gasteiger partial charge in [-0.05, 0) is 53.5 Å². The van der Waals surface area contributed by atoms with E-state index in [9.17, 15) is 8.42 Å². The molecule has 3 nitrogen and oxygen atoms in total. The van der Waals surface area contributed by atoms with Gasteiger partial charge in [-0.2, -0.15) is 0 Å². The molecule has 2 aromatic rings. The first-order valence-electron chi connectivity index (χ1n) is 5.90. The Morgan fingerprint density at radius 1 is 1.35 bits per heavy atom. The zero-order chi connectivity index (χ0) is 14.9. The Balaban J connectivity index is 2.50. The molecule has 1 heterocycles. The van der Waals surface area contributed by atoms with E-state index in [4.69, 9.17) is 11.6 Å². The summed E-state index contributed by atoms with van der Waals surface area (Å²) in [7, 11) is -3.59. The summed E-state index contributed by atoms with van der Waals surface area (Å²) in [5.74, 6) is 0. The highest BCUT2D eigenvalue weighted by molar-refractivity contribution is 9.11. The van der Waals surface area contributed by atoms with Crippen molar-refractivity contribution < 1.29 is 8.42 Å². The largest absolute Gasteiger partial charge is 0.273 e. The molecule has 0 aliphatic heterocycles. The lowest BCUT2D eigenvalue weighted by Crippen LogP contribution is -2.30. The van der Waals surface area contributed by atoms with Crippen LogP contribution in [0.1, 0.15) is 12.5 Å². The Morgan fingerprint density at radius 2 is 2.05 bits per heavy atom. The highest BCUT2D eigenvalue weighted by Gasteiger charge is 2.26. The molecule has 0 N–H and O–H groups in total. The second-order valence-corrected chi connectivity index (χ2v) is 9.06. The highest BCUT2D eigenvalue weighted by Crippen LogP contribution is 2.37. The first-order chi connectivity index (χ1) is 9.36. The molecular formula is C13H13BrClNO2S2. The van der Waals surface area contributed by atoms with Crippen LogP contribution in [0.15, 0.2) is 38.3 Å². The molecule has 0 saturated carbocycles. The second kappa shape index (κ2) is 6.05. The fourth-order valence-corrected chi connectivity index (χ4v) is 5.82. The molecular weight excluding hydrogens is 382 g/mol. The number of aryl methyl sites for hydroxylation is 1. The van der Waals surface area contributed by atoms with Gasteiger partial charge in [-0.15, -0.1) is 11.3 Å². The van der Waals surface area contributed by atoms with Crippen LogP contribution < -0.4 is 4.31 Å². The zero-order valence-electron chi connectivity index (χ0n) is 10.9. The number of rotatable bonds is 4. The van der Waals surface area contributed by atoms with Crippen molar-refractivity contribution in [3.63, 3.8) is 0 Å². The molecule has 0 unspecified atom stereocenters.